The highest BCUT2D eigenvalue weighted by atomic mass is 32.2. The maximum absolute atomic E-state index is 12.1. The Hall–Kier alpha value is -0.170. The van der Waals surface area contributed by atoms with E-state index in [9.17, 15) is 8.42 Å². The van der Waals surface area contributed by atoms with Crippen LogP contribution in [0.4, 0.5) is 0 Å². The quantitative estimate of drug-likeness (QED) is 0.707. The SMILES string of the molecule is CO[C@H](C)CS(=O)(=O)N1C[C@H]2CN(C)C[C@H]2C1. The molecule has 0 spiro atoms. The third-order valence-corrected chi connectivity index (χ3v) is 5.85. The van der Waals surface area contributed by atoms with Crippen molar-refractivity contribution in [3.8, 4) is 0 Å². The Morgan fingerprint density at radius 1 is 1.24 bits per heavy atom. The van der Waals surface area contributed by atoms with Crippen LogP contribution in [0.15, 0.2) is 0 Å². The third kappa shape index (κ3) is 2.81. The summed E-state index contributed by atoms with van der Waals surface area (Å²) >= 11 is 0. The van der Waals surface area contributed by atoms with Gasteiger partial charge < -0.3 is 9.64 Å². The van der Waals surface area contributed by atoms with Crippen LogP contribution < -0.4 is 0 Å². The minimum Gasteiger partial charge on any atom is -0.381 e. The molecule has 2 rings (SSSR count). The van der Waals surface area contributed by atoms with Gasteiger partial charge in [-0.05, 0) is 25.8 Å². The first-order valence-electron chi connectivity index (χ1n) is 6.11. The van der Waals surface area contributed by atoms with Crippen molar-refractivity contribution < 1.29 is 13.2 Å². The highest BCUT2D eigenvalue weighted by Crippen LogP contribution is 2.31. The van der Waals surface area contributed by atoms with Crippen molar-refractivity contribution in [1.29, 1.82) is 0 Å². The normalized spacial score (nSPS) is 32.9. The maximum atomic E-state index is 12.1. The van der Waals surface area contributed by atoms with E-state index in [1.807, 2.05) is 0 Å². The summed E-state index contributed by atoms with van der Waals surface area (Å²) in [5.74, 6) is 1.14. The second kappa shape index (κ2) is 4.84. The summed E-state index contributed by atoms with van der Waals surface area (Å²) in [6.07, 6.45) is -0.233. The summed E-state index contributed by atoms with van der Waals surface area (Å²) in [5.41, 5.74) is 0. The van der Waals surface area contributed by atoms with Crippen molar-refractivity contribution in [3.63, 3.8) is 0 Å². The van der Waals surface area contributed by atoms with E-state index in [0.29, 0.717) is 24.9 Å². The van der Waals surface area contributed by atoms with Crippen LogP contribution in [0.1, 0.15) is 6.92 Å². The van der Waals surface area contributed by atoms with E-state index in [-0.39, 0.29) is 11.9 Å². The fourth-order valence-corrected chi connectivity index (χ4v) is 4.66. The standard InChI is InChI=1S/C11H22N2O3S/c1-9(16-3)8-17(14,15)13-6-10-4-12(2)5-11(10)7-13/h9-11H,4-8H2,1-3H3/t9-,10-,11+/m1/s1. The average molecular weight is 262 g/mol. The summed E-state index contributed by atoms with van der Waals surface area (Å²) in [6.45, 7) is 5.22. The van der Waals surface area contributed by atoms with Crippen LogP contribution in [0.25, 0.3) is 0 Å². The molecule has 0 N–H and O–H groups in total. The average Bonchev–Trinajstić information content (AvgIpc) is 2.74. The summed E-state index contributed by atoms with van der Waals surface area (Å²) in [7, 11) is 0.510. The van der Waals surface area contributed by atoms with Gasteiger partial charge in [0.05, 0.1) is 11.9 Å². The molecule has 2 fully saturated rings. The van der Waals surface area contributed by atoms with Gasteiger partial charge in [0, 0.05) is 33.3 Å². The first-order chi connectivity index (χ1) is 7.92. The van der Waals surface area contributed by atoms with Crippen LogP contribution in [0.3, 0.4) is 0 Å². The van der Waals surface area contributed by atoms with Crippen LogP contribution in [0, 0.1) is 11.8 Å². The van der Waals surface area contributed by atoms with Crippen molar-refractivity contribution in [1.82, 2.24) is 9.21 Å². The smallest absolute Gasteiger partial charge is 0.216 e. The zero-order valence-corrected chi connectivity index (χ0v) is 11.6. The van der Waals surface area contributed by atoms with Gasteiger partial charge in [0.2, 0.25) is 10.0 Å². The number of ether oxygens (including phenoxy) is 1. The Morgan fingerprint density at radius 3 is 2.24 bits per heavy atom. The molecule has 5 nitrogen and oxygen atoms in total. The van der Waals surface area contributed by atoms with Gasteiger partial charge in [0.15, 0.2) is 0 Å². The van der Waals surface area contributed by atoms with E-state index < -0.39 is 10.0 Å². The lowest BCUT2D eigenvalue weighted by Gasteiger charge is -2.20. The van der Waals surface area contributed by atoms with Gasteiger partial charge in [0.1, 0.15) is 0 Å². The van der Waals surface area contributed by atoms with E-state index in [1.54, 1.807) is 18.3 Å². The Labute approximate surface area is 104 Å². The van der Waals surface area contributed by atoms with Crippen molar-refractivity contribution in [2.24, 2.45) is 11.8 Å². The molecule has 0 bridgehead atoms. The third-order valence-electron chi connectivity index (χ3n) is 3.88. The number of sulfonamides is 1. The van der Waals surface area contributed by atoms with Crippen LogP contribution in [-0.2, 0) is 14.8 Å². The number of rotatable bonds is 4. The lowest BCUT2D eigenvalue weighted by Crippen LogP contribution is -2.37. The molecular weight excluding hydrogens is 240 g/mol. The van der Waals surface area contributed by atoms with E-state index in [2.05, 4.69) is 11.9 Å². The van der Waals surface area contributed by atoms with Gasteiger partial charge in [-0.2, -0.15) is 0 Å². The summed E-state index contributed by atoms with van der Waals surface area (Å²) in [5, 5.41) is 0. The molecule has 0 radical (unpaired) electrons. The zero-order chi connectivity index (χ0) is 12.6. The molecule has 2 saturated heterocycles. The van der Waals surface area contributed by atoms with Gasteiger partial charge in [-0.25, -0.2) is 12.7 Å². The number of nitrogens with zero attached hydrogens (tertiary/aromatic N) is 2. The zero-order valence-electron chi connectivity index (χ0n) is 10.8. The minimum atomic E-state index is -3.14. The van der Waals surface area contributed by atoms with Gasteiger partial charge in [-0.1, -0.05) is 0 Å². The molecule has 2 heterocycles. The number of hydrogen-bond acceptors (Lipinski definition) is 4. The summed E-state index contributed by atoms with van der Waals surface area (Å²) in [6, 6.07) is 0. The number of likely N-dealkylation sites (tertiary alicyclic amines) is 1. The molecule has 0 unspecified atom stereocenters. The van der Waals surface area contributed by atoms with Gasteiger partial charge in [-0.3, -0.25) is 0 Å². The molecule has 0 aromatic rings. The number of hydrogen-bond donors (Lipinski definition) is 0. The second-order valence-corrected chi connectivity index (χ2v) is 7.40. The lowest BCUT2D eigenvalue weighted by atomic mass is 10.0. The Morgan fingerprint density at radius 2 is 1.76 bits per heavy atom. The largest absolute Gasteiger partial charge is 0.381 e. The molecule has 0 saturated carbocycles. The Bertz CT molecular complexity index is 357. The molecule has 0 aromatic heterocycles. The van der Waals surface area contributed by atoms with E-state index in [0.717, 1.165) is 13.1 Å². The van der Waals surface area contributed by atoms with Crippen LogP contribution in [-0.4, -0.2) is 69.8 Å². The summed E-state index contributed by atoms with van der Waals surface area (Å²) in [4.78, 5) is 2.29. The van der Waals surface area contributed by atoms with Crippen LogP contribution in [0.5, 0.6) is 0 Å². The fourth-order valence-electron chi connectivity index (χ4n) is 2.88. The predicted molar refractivity (Wildman–Crippen MR) is 66.3 cm³/mol. The Balaban J connectivity index is 1.97. The number of methoxy groups -OCH3 is 1. The molecule has 2 aliphatic rings. The topological polar surface area (TPSA) is 49.9 Å². The predicted octanol–water partition coefficient (Wildman–Crippen LogP) is -0.155. The fraction of sp³-hybridized carbons (Fsp3) is 1.00. The van der Waals surface area contributed by atoms with Crippen LogP contribution >= 0.6 is 0 Å². The second-order valence-electron chi connectivity index (χ2n) is 5.38. The molecule has 0 aliphatic carbocycles. The number of fused-ring (bicyclic) bond motifs is 1. The highest BCUT2D eigenvalue weighted by Gasteiger charge is 2.42. The first kappa shape index (κ1) is 13.3. The monoisotopic (exact) mass is 262 g/mol. The molecule has 3 atom stereocenters. The molecular formula is C11H22N2O3S. The first-order valence-corrected chi connectivity index (χ1v) is 7.72. The van der Waals surface area contributed by atoms with Gasteiger partial charge in [0.25, 0.3) is 0 Å². The molecule has 2 aliphatic heterocycles. The van der Waals surface area contributed by atoms with Gasteiger partial charge in [-0.15, -0.1) is 0 Å². The van der Waals surface area contributed by atoms with Crippen LogP contribution in [0.2, 0.25) is 0 Å². The summed E-state index contributed by atoms with van der Waals surface area (Å²) < 4.78 is 31.0. The van der Waals surface area contributed by atoms with E-state index >= 15 is 0 Å². The molecule has 0 aromatic carbocycles. The van der Waals surface area contributed by atoms with Gasteiger partial charge >= 0.3 is 0 Å². The molecule has 0 amide bonds. The Kier molecular flexibility index (Phi) is 3.77. The minimum absolute atomic E-state index is 0.0960. The van der Waals surface area contributed by atoms with E-state index in [4.69, 9.17) is 4.74 Å². The van der Waals surface area contributed by atoms with E-state index in [1.165, 1.54) is 0 Å². The maximum Gasteiger partial charge on any atom is 0.216 e. The lowest BCUT2D eigenvalue weighted by molar-refractivity contribution is 0.135. The van der Waals surface area contributed by atoms with Crippen molar-refractivity contribution in [3.05, 3.63) is 0 Å². The highest BCUT2D eigenvalue weighted by molar-refractivity contribution is 7.89. The molecule has 6 heteroatoms. The molecule has 100 valence electrons. The van der Waals surface area contributed by atoms with Crippen molar-refractivity contribution in [2.75, 3.05) is 46.1 Å². The van der Waals surface area contributed by atoms with Crippen molar-refractivity contribution in [2.45, 2.75) is 13.0 Å². The molecule has 17 heavy (non-hydrogen) atoms. The van der Waals surface area contributed by atoms with Crippen molar-refractivity contribution >= 4 is 10.0 Å².